The lowest BCUT2D eigenvalue weighted by Crippen LogP contribution is -2.02. The van der Waals surface area contributed by atoms with E-state index in [1.807, 2.05) is 0 Å². The molecular formula is C11H18O3. The molecule has 3 nitrogen and oxygen atoms in total. The lowest BCUT2D eigenvalue weighted by molar-refractivity contribution is -0.124. The van der Waals surface area contributed by atoms with Crippen molar-refractivity contribution in [2.75, 3.05) is 0 Å². The fourth-order valence-electron chi connectivity index (χ4n) is 1.30. The summed E-state index contributed by atoms with van der Waals surface area (Å²) >= 11 is 0. The molecule has 0 unspecified atom stereocenters. The minimum absolute atomic E-state index is 0.0625. The quantitative estimate of drug-likeness (QED) is 0.638. The Kier molecular flexibility index (Phi) is 6.89. The lowest BCUT2D eigenvalue weighted by Gasteiger charge is -2.05. The van der Waals surface area contributed by atoms with Crippen LogP contribution in [0.15, 0.2) is 0 Å². The van der Waals surface area contributed by atoms with E-state index in [9.17, 15) is 14.4 Å². The maximum atomic E-state index is 10.5. The first-order chi connectivity index (χ1) is 6.52. The fraction of sp³-hybridized carbons (Fsp3) is 0.727. The van der Waals surface area contributed by atoms with Crippen LogP contribution in [0.25, 0.3) is 0 Å². The van der Waals surface area contributed by atoms with Crippen LogP contribution in [0.3, 0.4) is 0 Å². The van der Waals surface area contributed by atoms with Crippen LogP contribution < -0.4 is 0 Å². The van der Waals surface area contributed by atoms with Crippen molar-refractivity contribution in [2.45, 2.75) is 52.4 Å². The Bertz CT molecular complexity index is 199. The zero-order chi connectivity index (χ0) is 11.0. The molecule has 14 heavy (non-hydrogen) atoms. The van der Waals surface area contributed by atoms with Crippen LogP contribution in [0, 0.1) is 0 Å². The van der Waals surface area contributed by atoms with Gasteiger partial charge in [-0.1, -0.05) is 6.42 Å². The highest BCUT2D eigenvalue weighted by Crippen LogP contribution is 2.12. The van der Waals surface area contributed by atoms with Gasteiger partial charge in [-0.25, -0.2) is 0 Å². The van der Waals surface area contributed by atoms with Crippen molar-refractivity contribution < 1.29 is 14.4 Å². The first-order valence-corrected chi connectivity index (χ1v) is 5.03. The molecule has 1 aliphatic carbocycles. The van der Waals surface area contributed by atoms with E-state index < -0.39 is 0 Å². The first kappa shape index (κ1) is 13.0. The summed E-state index contributed by atoms with van der Waals surface area (Å²) < 4.78 is 0. The Hall–Kier alpha value is -0.990. The lowest BCUT2D eigenvalue weighted by atomic mass is 10.00. The van der Waals surface area contributed by atoms with Crippen LogP contribution in [0.1, 0.15) is 52.4 Å². The Labute approximate surface area is 84.9 Å². The normalized spacial score (nSPS) is 15.4. The number of rotatable bonds is 2. The maximum absolute atomic E-state index is 10.5. The number of Topliss-reactive ketones (excluding diaryl/α,β-unsaturated/α-hetero) is 3. The summed E-state index contributed by atoms with van der Waals surface area (Å²) in [5.41, 5.74) is 0. The molecule has 1 fully saturated rings. The van der Waals surface area contributed by atoms with Gasteiger partial charge < -0.3 is 0 Å². The van der Waals surface area contributed by atoms with Crippen LogP contribution in [-0.2, 0) is 14.4 Å². The summed E-state index contributed by atoms with van der Waals surface area (Å²) in [7, 11) is 0. The maximum Gasteiger partial charge on any atom is 0.137 e. The highest BCUT2D eigenvalue weighted by molar-refractivity contribution is 5.96. The van der Waals surface area contributed by atoms with Crippen LogP contribution in [0.4, 0.5) is 0 Å². The van der Waals surface area contributed by atoms with Gasteiger partial charge in [0.05, 0.1) is 6.42 Å². The monoisotopic (exact) mass is 198 g/mol. The number of carbonyl (C=O) groups excluding carboxylic acids is 3. The number of ketones is 3. The molecule has 0 aromatic heterocycles. The second-order valence-electron chi connectivity index (χ2n) is 3.68. The molecule has 1 saturated carbocycles. The van der Waals surface area contributed by atoms with E-state index in [4.69, 9.17) is 0 Å². The van der Waals surface area contributed by atoms with E-state index in [1.54, 1.807) is 0 Å². The van der Waals surface area contributed by atoms with E-state index in [-0.39, 0.29) is 18.0 Å². The number of carbonyl (C=O) groups is 3. The molecular weight excluding hydrogens is 180 g/mol. The molecule has 80 valence electrons. The van der Waals surface area contributed by atoms with E-state index in [1.165, 1.54) is 20.3 Å². The molecule has 3 heteroatoms. The van der Waals surface area contributed by atoms with Crippen molar-refractivity contribution >= 4 is 17.3 Å². The van der Waals surface area contributed by atoms with Crippen LogP contribution >= 0.6 is 0 Å². The largest absolute Gasteiger partial charge is 0.300 e. The smallest absolute Gasteiger partial charge is 0.137 e. The molecule has 0 aromatic rings. The third-order valence-electron chi connectivity index (χ3n) is 1.91. The minimum atomic E-state index is -0.0625. The van der Waals surface area contributed by atoms with Crippen LogP contribution in [0.5, 0.6) is 0 Å². The van der Waals surface area contributed by atoms with E-state index >= 15 is 0 Å². The number of hydrogen-bond donors (Lipinski definition) is 0. The molecule has 0 atom stereocenters. The summed E-state index contributed by atoms with van der Waals surface area (Å²) in [4.78, 5) is 30.5. The van der Waals surface area contributed by atoms with Gasteiger partial charge in [-0.2, -0.15) is 0 Å². The zero-order valence-electron chi connectivity index (χ0n) is 8.97. The second-order valence-corrected chi connectivity index (χ2v) is 3.68. The average Bonchev–Trinajstić information content (AvgIpc) is 2.03. The van der Waals surface area contributed by atoms with Gasteiger partial charge in [0, 0.05) is 12.8 Å². The average molecular weight is 198 g/mol. The third-order valence-corrected chi connectivity index (χ3v) is 1.91. The number of hydrogen-bond acceptors (Lipinski definition) is 3. The summed E-state index contributed by atoms with van der Waals surface area (Å²) in [6, 6.07) is 0. The standard InChI is InChI=1S/C6H10O.C5H8O2/c7-6-4-2-1-3-5-6;1-4(6)3-5(2)7/h1-5H2;3H2,1-2H3. The van der Waals surface area contributed by atoms with Gasteiger partial charge in [0.25, 0.3) is 0 Å². The highest BCUT2D eigenvalue weighted by atomic mass is 16.1. The van der Waals surface area contributed by atoms with Gasteiger partial charge in [-0.05, 0) is 26.7 Å². The summed E-state index contributed by atoms with van der Waals surface area (Å²) in [5, 5.41) is 0. The van der Waals surface area contributed by atoms with Gasteiger partial charge in [-0.3, -0.25) is 14.4 Å². The Morgan fingerprint density at radius 1 is 1.00 bits per heavy atom. The molecule has 0 spiro atoms. The van der Waals surface area contributed by atoms with Gasteiger partial charge in [0.15, 0.2) is 0 Å². The summed E-state index contributed by atoms with van der Waals surface area (Å²) in [6.07, 6.45) is 5.32. The first-order valence-electron chi connectivity index (χ1n) is 5.03. The van der Waals surface area contributed by atoms with Gasteiger partial charge in [0.2, 0.25) is 0 Å². The molecule has 0 bridgehead atoms. The zero-order valence-corrected chi connectivity index (χ0v) is 8.97. The van der Waals surface area contributed by atoms with Crippen molar-refractivity contribution in [3.05, 3.63) is 0 Å². The Morgan fingerprint density at radius 2 is 1.43 bits per heavy atom. The second kappa shape index (κ2) is 7.42. The molecule has 0 saturated heterocycles. The Morgan fingerprint density at radius 3 is 1.57 bits per heavy atom. The molecule has 0 radical (unpaired) electrons. The molecule has 1 rings (SSSR count). The molecule has 0 N–H and O–H groups in total. The topological polar surface area (TPSA) is 51.2 Å². The fourth-order valence-corrected chi connectivity index (χ4v) is 1.30. The molecule has 1 aliphatic rings. The van der Waals surface area contributed by atoms with Crippen LogP contribution in [0.2, 0.25) is 0 Å². The van der Waals surface area contributed by atoms with Crippen molar-refractivity contribution in [3.8, 4) is 0 Å². The minimum Gasteiger partial charge on any atom is -0.300 e. The molecule has 0 heterocycles. The van der Waals surface area contributed by atoms with E-state index in [2.05, 4.69) is 0 Å². The van der Waals surface area contributed by atoms with E-state index in [0.717, 1.165) is 25.7 Å². The predicted octanol–water partition coefficient (Wildman–Crippen LogP) is 2.07. The summed E-state index contributed by atoms with van der Waals surface area (Å²) in [5.74, 6) is 0.339. The van der Waals surface area contributed by atoms with E-state index in [0.29, 0.717) is 5.78 Å². The van der Waals surface area contributed by atoms with Crippen LogP contribution in [-0.4, -0.2) is 17.3 Å². The van der Waals surface area contributed by atoms with Crippen molar-refractivity contribution in [1.82, 2.24) is 0 Å². The molecule has 0 aliphatic heterocycles. The van der Waals surface area contributed by atoms with Crippen molar-refractivity contribution in [3.63, 3.8) is 0 Å². The molecule has 0 aromatic carbocycles. The molecule has 0 amide bonds. The van der Waals surface area contributed by atoms with Crippen molar-refractivity contribution in [2.24, 2.45) is 0 Å². The highest BCUT2D eigenvalue weighted by Gasteiger charge is 2.05. The summed E-state index contributed by atoms with van der Waals surface area (Å²) in [6.45, 7) is 2.81. The SMILES string of the molecule is CC(=O)CC(C)=O.O=C1CCCCC1. The third kappa shape index (κ3) is 9.10. The Balaban J connectivity index is 0.000000241. The van der Waals surface area contributed by atoms with Crippen molar-refractivity contribution in [1.29, 1.82) is 0 Å². The van der Waals surface area contributed by atoms with Gasteiger partial charge in [-0.15, -0.1) is 0 Å². The van der Waals surface area contributed by atoms with Gasteiger partial charge >= 0.3 is 0 Å². The van der Waals surface area contributed by atoms with Gasteiger partial charge in [0.1, 0.15) is 17.3 Å². The predicted molar refractivity (Wildman–Crippen MR) is 54.1 cm³/mol.